The first-order chi connectivity index (χ1) is 5.77. The fourth-order valence-corrected chi connectivity index (χ4v) is 2.96. The Kier molecular flexibility index (Phi) is 2.37. The first-order valence-electron chi connectivity index (χ1n) is 5.30. The van der Waals surface area contributed by atoms with E-state index in [1.807, 2.05) is 0 Å². The van der Waals surface area contributed by atoms with Crippen LogP contribution in [0.1, 0.15) is 39.0 Å². The number of fused-ring (bicyclic) bond motifs is 1. The third-order valence-corrected chi connectivity index (χ3v) is 3.56. The zero-order valence-electron chi connectivity index (χ0n) is 7.87. The maximum atomic E-state index is 9.85. The molecule has 0 aromatic carbocycles. The molecule has 0 bridgehead atoms. The molecule has 70 valence electrons. The van der Waals surface area contributed by atoms with E-state index >= 15 is 0 Å². The van der Waals surface area contributed by atoms with Crippen molar-refractivity contribution in [3.05, 3.63) is 0 Å². The van der Waals surface area contributed by atoms with Crippen molar-refractivity contribution in [3.63, 3.8) is 0 Å². The average Bonchev–Trinajstić information content (AvgIpc) is 2.04. The highest BCUT2D eigenvalue weighted by molar-refractivity contribution is 4.83. The number of aliphatic hydroxyl groups is 1. The van der Waals surface area contributed by atoms with Crippen molar-refractivity contribution >= 4 is 0 Å². The van der Waals surface area contributed by atoms with Crippen molar-refractivity contribution in [1.82, 2.24) is 0 Å². The predicted octanol–water partition coefficient (Wildman–Crippen LogP) is 0.262. The van der Waals surface area contributed by atoms with Crippen LogP contribution in [0.25, 0.3) is 0 Å². The van der Waals surface area contributed by atoms with Gasteiger partial charge in [-0.15, -0.1) is 0 Å². The van der Waals surface area contributed by atoms with Gasteiger partial charge in [0.1, 0.15) is 0 Å². The summed E-state index contributed by atoms with van der Waals surface area (Å²) in [7, 11) is 0. The summed E-state index contributed by atoms with van der Waals surface area (Å²) in [6, 6.07) is 1.37. The van der Waals surface area contributed by atoms with Gasteiger partial charge >= 0.3 is 0 Å². The minimum Gasteiger partial charge on any atom is -0.392 e. The van der Waals surface area contributed by atoms with Gasteiger partial charge in [-0.05, 0) is 26.2 Å². The van der Waals surface area contributed by atoms with Gasteiger partial charge in [-0.25, -0.2) is 0 Å². The van der Waals surface area contributed by atoms with E-state index in [0.29, 0.717) is 12.0 Å². The van der Waals surface area contributed by atoms with Crippen molar-refractivity contribution in [2.75, 3.05) is 0 Å². The van der Waals surface area contributed by atoms with Crippen LogP contribution in [0.2, 0.25) is 0 Å². The minimum absolute atomic E-state index is 0.00435. The van der Waals surface area contributed by atoms with Crippen molar-refractivity contribution in [2.45, 2.75) is 57.2 Å². The smallest absolute Gasteiger partial charge is 0.0914 e. The van der Waals surface area contributed by atoms with E-state index < -0.39 is 0 Å². The molecule has 1 heterocycles. The quantitative estimate of drug-likeness (QED) is 0.537. The fraction of sp³-hybridized carbons (Fsp3) is 1.00. The highest BCUT2D eigenvalue weighted by atomic mass is 16.3. The van der Waals surface area contributed by atoms with E-state index in [1.165, 1.54) is 25.7 Å². The first kappa shape index (κ1) is 8.52. The number of rotatable bonds is 0. The molecule has 2 heteroatoms. The Labute approximate surface area is 74.4 Å². The van der Waals surface area contributed by atoms with Gasteiger partial charge in [0.15, 0.2) is 0 Å². The lowest BCUT2D eigenvalue weighted by Crippen LogP contribution is -2.98. The van der Waals surface area contributed by atoms with Crippen molar-refractivity contribution in [3.8, 4) is 0 Å². The van der Waals surface area contributed by atoms with Gasteiger partial charge in [0.25, 0.3) is 0 Å². The third kappa shape index (κ3) is 1.50. The summed E-state index contributed by atoms with van der Waals surface area (Å²) in [5.41, 5.74) is 0. The number of nitrogens with two attached hydrogens (primary N) is 1. The van der Waals surface area contributed by atoms with Crippen molar-refractivity contribution in [2.24, 2.45) is 5.92 Å². The fourth-order valence-electron chi connectivity index (χ4n) is 2.96. The number of quaternary nitrogens is 1. The second-order valence-electron chi connectivity index (χ2n) is 4.58. The molecule has 1 aliphatic carbocycles. The Morgan fingerprint density at radius 3 is 2.83 bits per heavy atom. The molecule has 2 aliphatic rings. The maximum Gasteiger partial charge on any atom is 0.0914 e. The summed E-state index contributed by atoms with van der Waals surface area (Å²) < 4.78 is 0. The van der Waals surface area contributed by atoms with Crippen molar-refractivity contribution in [1.29, 1.82) is 0 Å². The SMILES string of the molecule is C[C@@H]1C[C@H](O)[C@@H]2CCCC[C@H]2[NH2+]1. The van der Waals surface area contributed by atoms with Crippen LogP contribution in [0.4, 0.5) is 0 Å². The van der Waals surface area contributed by atoms with Crippen LogP contribution in [-0.2, 0) is 0 Å². The molecule has 0 unspecified atom stereocenters. The van der Waals surface area contributed by atoms with E-state index in [4.69, 9.17) is 0 Å². The molecule has 3 N–H and O–H groups in total. The monoisotopic (exact) mass is 170 g/mol. The highest BCUT2D eigenvalue weighted by Gasteiger charge is 2.39. The number of piperidine rings is 1. The summed E-state index contributed by atoms with van der Waals surface area (Å²) in [6.45, 7) is 2.23. The second kappa shape index (κ2) is 3.35. The van der Waals surface area contributed by atoms with Gasteiger partial charge in [0.05, 0.1) is 18.2 Å². The van der Waals surface area contributed by atoms with Gasteiger partial charge in [-0.3, -0.25) is 0 Å². The summed E-state index contributed by atoms with van der Waals surface area (Å²) >= 11 is 0. The van der Waals surface area contributed by atoms with Gasteiger partial charge < -0.3 is 10.4 Å². The average molecular weight is 170 g/mol. The van der Waals surface area contributed by atoms with Crippen LogP contribution in [0.5, 0.6) is 0 Å². The lowest BCUT2D eigenvalue weighted by molar-refractivity contribution is -0.739. The largest absolute Gasteiger partial charge is 0.392 e. The molecule has 0 aromatic rings. The molecular formula is C10H20NO+. The molecule has 2 nitrogen and oxygen atoms in total. The Morgan fingerprint density at radius 2 is 2.00 bits per heavy atom. The van der Waals surface area contributed by atoms with Crippen molar-refractivity contribution < 1.29 is 10.4 Å². The van der Waals surface area contributed by atoms with E-state index in [9.17, 15) is 5.11 Å². The zero-order chi connectivity index (χ0) is 8.55. The van der Waals surface area contributed by atoms with E-state index in [-0.39, 0.29) is 6.10 Å². The maximum absolute atomic E-state index is 9.85. The molecule has 1 saturated heterocycles. The van der Waals surface area contributed by atoms with Crippen LogP contribution < -0.4 is 5.32 Å². The second-order valence-corrected chi connectivity index (χ2v) is 4.58. The van der Waals surface area contributed by atoms with Gasteiger partial charge in [-0.2, -0.15) is 0 Å². The van der Waals surface area contributed by atoms with E-state index in [0.717, 1.165) is 12.5 Å². The van der Waals surface area contributed by atoms with Crippen LogP contribution in [-0.4, -0.2) is 23.3 Å². The molecule has 1 saturated carbocycles. The molecule has 12 heavy (non-hydrogen) atoms. The van der Waals surface area contributed by atoms with E-state index in [2.05, 4.69) is 12.2 Å². The van der Waals surface area contributed by atoms with Crippen LogP contribution in [0, 0.1) is 5.92 Å². The standard InChI is InChI=1S/C10H19NO/c1-7-6-10(12)8-4-2-3-5-9(8)11-7/h7-12H,2-6H2,1H3/p+1/t7-,8-,9-,10+/m1/s1. The number of hydrogen-bond acceptors (Lipinski definition) is 1. The molecule has 0 amide bonds. The lowest BCUT2D eigenvalue weighted by atomic mass is 9.76. The summed E-state index contributed by atoms with van der Waals surface area (Å²) in [5.74, 6) is 0.606. The van der Waals surface area contributed by atoms with Crippen LogP contribution in [0.3, 0.4) is 0 Å². The Bertz CT molecular complexity index is 160. The molecule has 0 aromatic heterocycles. The molecule has 2 rings (SSSR count). The third-order valence-electron chi connectivity index (χ3n) is 3.56. The summed E-state index contributed by atoms with van der Waals surface area (Å²) in [4.78, 5) is 0. The molecular weight excluding hydrogens is 150 g/mol. The van der Waals surface area contributed by atoms with Gasteiger partial charge in [-0.1, -0.05) is 6.42 Å². The van der Waals surface area contributed by atoms with Gasteiger partial charge in [0.2, 0.25) is 0 Å². The molecule has 1 aliphatic heterocycles. The Morgan fingerprint density at radius 1 is 1.25 bits per heavy atom. The molecule has 4 atom stereocenters. The summed E-state index contributed by atoms with van der Waals surface area (Å²) in [5, 5.41) is 12.3. The minimum atomic E-state index is -0.00435. The number of hydrogen-bond donors (Lipinski definition) is 2. The topological polar surface area (TPSA) is 36.8 Å². The van der Waals surface area contributed by atoms with Gasteiger partial charge in [0, 0.05) is 12.3 Å². The molecule has 0 spiro atoms. The van der Waals surface area contributed by atoms with Crippen LogP contribution in [0.15, 0.2) is 0 Å². The zero-order valence-corrected chi connectivity index (χ0v) is 7.87. The Balaban J connectivity index is 2.01. The summed E-state index contributed by atoms with van der Waals surface area (Å²) in [6.07, 6.45) is 6.29. The normalized spacial score (nSPS) is 48.5. The molecule has 0 radical (unpaired) electrons. The predicted molar refractivity (Wildman–Crippen MR) is 47.8 cm³/mol. The van der Waals surface area contributed by atoms with Crippen LogP contribution >= 0.6 is 0 Å². The lowest BCUT2D eigenvalue weighted by Gasteiger charge is -2.39. The molecule has 2 fully saturated rings. The first-order valence-corrected chi connectivity index (χ1v) is 5.30. The number of aliphatic hydroxyl groups excluding tert-OH is 1. The van der Waals surface area contributed by atoms with E-state index in [1.54, 1.807) is 0 Å². The highest BCUT2D eigenvalue weighted by Crippen LogP contribution is 2.28. The Hall–Kier alpha value is -0.0800.